The molecule has 0 spiro atoms. The van der Waals surface area contributed by atoms with Crippen LogP contribution in [0.5, 0.6) is 0 Å². The maximum Gasteiger partial charge on any atom is 0.203 e. The van der Waals surface area contributed by atoms with E-state index in [1.807, 2.05) is 25.6 Å². The molecule has 0 radical (unpaired) electrons. The molecule has 0 aliphatic heterocycles. The highest BCUT2D eigenvalue weighted by molar-refractivity contribution is 5.31. The summed E-state index contributed by atoms with van der Waals surface area (Å²) in [5.74, 6) is 1.00. The fraction of sp³-hybridized carbons (Fsp3) is 0.538. The van der Waals surface area contributed by atoms with Gasteiger partial charge >= 0.3 is 0 Å². The Bertz CT molecular complexity index is 509. The van der Waals surface area contributed by atoms with Gasteiger partial charge in [-0.15, -0.1) is 0 Å². The highest BCUT2D eigenvalue weighted by atomic mass is 15.2. The van der Waals surface area contributed by atoms with Crippen molar-refractivity contribution >= 4 is 5.95 Å². The molecule has 1 aliphatic rings. The third-order valence-electron chi connectivity index (χ3n) is 3.21. The predicted octanol–water partition coefficient (Wildman–Crippen LogP) is 2.22. The van der Waals surface area contributed by atoms with Gasteiger partial charge in [0.2, 0.25) is 5.95 Å². The fourth-order valence-electron chi connectivity index (χ4n) is 2.23. The zero-order valence-electron chi connectivity index (χ0n) is 10.9. The van der Waals surface area contributed by atoms with Crippen molar-refractivity contribution in [1.29, 1.82) is 0 Å². The van der Waals surface area contributed by atoms with Crippen molar-refractivity contribution in [2.45, 2.75) is 45.3 Å². The number of hydrogen-bond acceptors (Lipinski definition) is 3. The van der Waals surface area contributed by atoms with Crippen LogP contribution < -0.4 is 5.32 Å². The van der Waals surface area contributed by atoms with Crippen molar-refractivity contribution in [2.75, 3.05) is 5.32 Å². The Balaban J connectivity index is 1.68. The van der Waals surface area contributed by atoms with Gasteiger partial charge in [-0.05, 0) is 26.7 Å². The molecule has 0 amide bonds. The molecule has 1 aliphatic carbocycles. The molecule has 0 bridgehead atoms. The van der Waals surface area contributed by atoms with Gasteiger partial charge in [0.25, 0.3) is 0 Å². The summed E-state index contributed by atoms with van der Waals surface area (Å²) in [6.45, 7) is 5.11. The average molecular weight is 245 g/mol. The number of nitrogens with zero attached hydrogens (tertiary/aromatic N) is 4. The molecule has 1 atom stereocenters. The Hall–Kier alpha value is -1.78. The van der Waals surface area contributed by atoms with E-state index >= 15 is 0 Å². The standard InChI is InChI=1S/C13H19N5/c1-10(7-17-6-5-14-9-17)15-13-16-11(2)8-18(13)12-3-4-12/h5-6,8-10,12H,3-4,7H2,1-2H3,(H,15,16). The zero-order valence-corrected chi connectivity index (χ0v) is 10.9. The lowest BCUT2D eigenvalue weighted by Gasteiger charge is -2.16. The highest BCUT2D eigenvalue weighted by Crippen LogP contribution is 2.37. The Morgan fingerprint density at radius 3 is 3.00 bits per heavy atom. The predicted molar refractivity (Wildman–Crippen MR) is 70.5 cm³/mol. The van der Waals surface area contributed by atoms with Gasteiger partial charge in [0.05, 0.1) is 12.0 Å². The first-order chi connectivity index (χ1) is 8.72. The number of anilines is 1. The number of hydrogen-bond donors (Lipinski definition) is 1. The second-order valence-corrected chi connectivity index (χ2v) is 5.15. The zero-order chi connectivity index (χ0) is 12.5. The smallest absolute Gasteiger partial charge is 0.203 e. The molecular formula is C13H19N5. The Kier molecular flexibility index (Phi) is 2.81. The Morgan fingerprint density at radius 1 is 1.50 bits per heavy atom. The van der Waals surface area contributed by atoms with Crippen LogP contribution in [0.2, 0.25) is 0 Å². The lowest BCUT2D eigenvalue weighted by Crippen LogP contribution is -2.23. The van der Waals surface area contributed by atoms with Gasteiger partial charge in [0.1, 0.15) is 0 Å². The summed E-state index contributed by atoms with van der Waals surface area (Å²) in [7, 11) is 0. The van der Waals surface area contributed by atoms with Crippen molar-refractivity contribution in [1.82, 2.24) is 19.1 Å². The molecule has 1 fully saturated rings. The third-order valence-corrected chi connectivity index (χ3v) is 3.21. The molecule has 0 aromatic carbocycles. The molecule has 2 aromatic heterocycles. The molecule has 96 valence electrons. The van der Waals surface area contributed by atoms with Crippen LogP contribution in [0.1, 0.15) is 31.5 Å². The lowest BCUT2D eigenvalue weighted by atomic mass is 10.3. The first-order valence-corrected chi connectivity index (χ1v) is 6.50. The minimum Gasteiger partial charge on any atom is -0.351 e. The largest absolute Gasteiger partial charge is 0.351 e. The fourth-order valence-corrected chi connectivity index (χ4v) is 2.23. The third kappa shape index (κ3) is 2.39. The van der Waals surface area contributed by atoms with Gasteiger partial charge in [-0.2, -0.15) is 0 Å². The highest BCUT2D eigenvalue weighted by Gasteiger charge is 2.26. The minimum absolute atomic E-state index is 0.332. The van der Waals surface area contributed by atoms with Gasteiger partial charge in [-0.3, -0.25) is 0 Å². The van der Waals surface area contributed by atoms with Crippen molar-refractivity contribution in [3.63, 3.8) is 0 Å². The van der Waals surface area contributed by atoms with Gasteiger partial charge < -0.3 is 14.5 Å². The van der Waals surface area contributed by atoms with Crippen LogP contribution in [0.3, 0.4) is 0 Å². The van der Waals surface area contributed by atoms with E-state index in [0.717, 1.165) is 18.2 Å². The molecule has 1 N–H and O–H groups in total. The number of imidazole rings is 2. The van der Waals surface area contributed by atoms with Crippen LogP contribution in [0.4, 0.5) is 5.95 Å². The molecule has 1 unspecified atom stereocenters. The second kappa shape index (κ2) is 4.48. The van der Waals surface area contributed by atoms with Gasteiger partial charge in [-0.25, -0.2) is 9.97 Å². The molecule has 2 aromatic rings. The maximum absolute atomic E-state index is 4.57. The second-order valence-electron chi connectivity index (χ2n) is 5.15. The molecule has 3 rings (SSSR count). The van der Waals surface area contributed by atoms with Crippen LogP contribution in [0.25, 0.3) is 0 Å². The van der Waals surface area contributed by atoms with Gasteiger partial charge in [-0.1, -0.05) is 0 Å². The lowest BCUT2D eigenvalue weighted by molar-refractivity contribution is 0.607. The normalized spacial score (nSPS) is 16.8. The van der Waals surface area contributed by atoms with E-state index in [0.29, 0.717) is 12.1 Å². The number of aromatic nitrogens is 4. The van der Waals surface area contributed by atoms with Crippen molar-refractivity contribution in [3.8, 4) is 0 Å². The van der Waals surface area contributed by atoms with Gasteiger partial charge in [0, 0.05) is 37.2 Å². The summed E-state index contributed by atoms with van der Waals surface area (Å²) in [4.78, 5) is 8.62. The Labute approximate surface area is 107 Å². The molecule has 1 saturated carbocycles. The minimum atomic E-state index is 0.332. The summed E-state index contributed by atoms with van der Waals surface area (Å²) in [5.41, 5.74) is 1.08. The number of rotatable bonds is 5. The topological polar surface area (TPSA) is 47.7 Å². The Morgan fingerprint density at radius 2 is 2.33 bits per heavy atom. The molecule has 5 heteroatoms. The van der Waals surface area contributed by atoms with Crippen LogP contribution in [0.15, 0.2) is 24.9 Å². The average Bonchev–Trinajstić information content (AvgIpc) is 2.92. The van der Waals surface area contributed by atoms with E-state index < -0.39 is 0 Å². The quantitative estimate of drug-likeness (QED) is 0.878. The molecule has 0 saturated heterocycles. The first-order valence-electron chi connectivity index (χ1n) is 6.50. The molecule has 5 nitrogen and oxygen atoms in total. The van der Waals surface area contributed by atoms with E-state index in [2.05, 4.69) is 37.5 Å². The van der Waals surface area contributed by atoms with Crippen LogP contribution in [-0.2, 0) is 6.54 Å². The summed E-state index contributed by atoms with van der Waals surface area (Å²) in [5, 5.41) is 3.49. The van der Waals surface area contributed by atoms with E-state index in [-0.39, 0.29) is 0 Å². The summed E-state index contributed by atoms with van der Waals surface area (Å²) in [6, 6.07) is 0.993. The van der Waals surface area contributed by atoms with Crippen molar-refractivity contribution < 1.29 is 0 Å². The van der Waals surface area contributed by atoms with Crippen LogP contribution in [-0.4, -0.2) is 25.1 Å². The van der Waals surface area contributed by atoms with E-state index in [4.69, 9.17) is 0 Å². The SMILES string of the molecule is Cc1cn(C2CC2)c(NC(C)Cn2ccnc2)n1. The van der Waals surface area contributed by atoms with E-state index in [9.17, 15) is 0 Å². The summed E-state index contributed by atoms with van der Waals surface area (Å²) < 4.78 is 4.36. The summed E-state index contributed by atoms with van der Waals surface area (Å²) >= 11 is 0. The monoisotopic (exact) mass is 245 g/mol. The molecule has 18 heavy (non-hydrogen) atoms. The van der Waals surface area contributed by atoms with Gasteiger partial charge in [0.15, 0.2) is 0 Å². The first kappa shape index (κ1) is 11.3. The van der Waals surface area contributed by atoms with Crippen molar-refractivity contribution in [2.24, 2.45) is 0 Å². The number of nitrogens with one attached hydrogen (secondary N) is 1. The van der Waals surface area contributed by atoms with Crippen molar-refractivity contribution in [3.05, 3.63) is 30.6 Å². The molecular weight excluding hydrogens is 226 g/mol. The summed E-state index contributed by atoms with van der Waals surface area (Å²) in [6.07, 6.45) is 10.3. The molecule has 2 heterocycles. The van der Waals surface area contributed by atoms with E-state index in [1.54, 1.807) is 0 Å². The van der Waals surface area contributed by atoms with Crippen LogP contribution in [0, 0.1) is 6.92 Å². The maximum atomic E-state index is 4.57. The number of aryl methyl sites for hydroxylation is 1. The van der Waals surface area contributed by atoms with E-state index in [1.165, 1.54) is 12.8 Å². The van der Waals surface area contributed by atoms with Crippen LogP contribution >= 0.6 is 0 Å².